The van der Waals surface area contributed by atoms with Crippen LogP contribution in [0.2, 0.25) is 0 Å². The Hall–Kier alpha value is -1.88. The summed E-state index contributed by atoms with van der Waals surface area (Å²) in [6.07, 6.45) is 3.58. The number of aromatic amines is 1. The highest BCUT2D eigenvalue weighted by atomic mass is 16.2. The van der Waals surface area contributed by atoms with Crippen molar-refractivity contribution in [1.82, 2.24) is 15.3 Å². The topological polar surface area (TPSA) is 69.8 Å². The first kappa shape index (κ1) is 11.2. The van der Waals surface area contributed by atoms with E-state index in [0.717, 1.165) is 36.1 Å². The number of anilines is 1. The largest absolute Gasteiger partial charge is 0.345 e. The molecule has 5 heteroatoms. The standard InChI is InChI=1S/C13H16N4O/c1-14-7-13(4-5-13)12(18)17-9-2-3-10-11(6-9)16-8-15-10/h2-3,6,8,14H,4-5,7H2,1H3,(H,15,16)(H,17,18). The van der Waals surface area contributed by atoms with Gasteiger partial charge in [0.2, 0.25) is 5.91 Å². The molecule has 0 unspecified atom stereocenters. The number of nitrogens with one attached hydrogen (secondary N) is 3. The molecule has 2 aromatic rings. The maximum atomic E-state index is 12.2. The molecular formula is C13H16N4O. The molecule has 0 bridgehead atoms. The van der Waals surface area contributed by atoms with E-state index in [9.17, 15) is 4.79 Å². The maximum absolute atomic E-state index is 12.2. The van der Waals surface area contributed by atoms with E-state index in [1.807, 2.05) is 25.2 Å². The number of hydrogen-bond acceptors (Lipinski definition) is 3. The second-order valence-electron chi connectivity index (χ2n) is 4.90. The molecule has 5 nitrogen and oxygen atoms in total. The predicted molar refractivity (Wildman–Crippen MR) is 70.3 cm³/mol. The van der Waals surface area contributed by atoms with Crippen molar-refractivity contribution < 1.29 is 4.79 Å². The molecule has 1 aliphatic carbocycles. The van der Waals surface area contributed by atoms with Crippen molar-refractivity contribution in [3.63, 3.8) is 0 Å². The fourth-order valence-electron chi connectivity index (χ4n) is 2.25. The van der Waals surface area contributed by atoms with Crippen LogP contribution in [0.25, 0.3) is 11.0 Å². The molecule has 1 fully saturated rings. The molecule has 1 aromatic heterocycles. The van der Waals surface area contributed by atoms with Crippen LogP contribution in [-0.2, 0) is 4.79 Å². The summed E-state index contributed by atoms with van der Waals surface area (Å²) in [5, 5.41) is 6.07. The van der Waals surface area contributed by atoms with Crippen molar-refractivity contribution in [2.45, 2.75) is 12.8 Å². The van der Waals surface area contributed by atoms with Crippen molar-refractivity contribution in [2.24, 2.45) is 5.41 Å². The van der Waals surface area contributed by atoms with Gasteiger partial charge in [-0.1, -0.05) is 0 Å². The number of carbonyl (C=O) groups is 1. The maximum Gasteiger partial charge on any atom is 0.231 e. The second kappa shape index (κ2) is 4.10. The molecule has 0 atom stereocenters. The van der Waals surface area contributed by atoms with Crippen molar-refractivity contribution in [2.75, 3.05) is 18.9 Å². The highest BCUT2D eigenvalue weighted by molar-refractivity contribution is 5.98. The molecule has 0 radical (unpaired) electrons. The molecule has 1 amide bonds. The first-order valence-corrected chi connectivity index (χ1v) is 6.13. The van der Waals surface area contributed by atoms with Crippen LogP contribution in [0.5, 0.6) is 0 Å². The van der Waals surface area contributed by atoms with Crippen LogP contribution >= 0.6 is 0 Å². The lowest BCUT2D eigenvalue weighted by Crippen LogP contribution is -2.32. The van der Waals surface area contributed by atoms with Gasteiger partial charge in [-0.25, -0.2) is 4.98 Å². The molecule has 18 heavy (non-hydrogen) atoms. The summed E-state index contributed by atoms with van der Waals surface area (Å²) in [6.45, 7) is 0.741. The Balaban J connectivity index is 1.77. The van der Waals surface area contributed by atoms with Gasteiger partial charge in [0.05, 0.1) is 22.8 Å². The van der Waals surface area contributed by atoms with E-state index in [1.54, 1.807) is 6.33 Å². The van der Waals surface area contributed by atoms with Crippen molar-refractivity contribution in [1.29, 1.82) is 0 Å². The second-order valence-corrected chi connectivity index (χ2v) is 4.90. The van der Waals surface area contributed by atoms with Gasteiger partial charge in [-0.15, -0.1) is 0 Å². The Morgan fingerprint density at radius 2 is 2.33 bits per heavy atom. The first-order chi connectivity index (χ1) is 8.73. The minimum Gasteiger partial charge on any atom is -0.345 e. The van der Waals surface area contributed by atoms with Gasteiger partial charge in [-0.3, -0.25) is 4.79 Å². The first-order valence-electron chi connectivity index (χ1n) is 6.13. The average molecular weight is 244 g/mol. The molecule has 0 spiro atoms. The minimum atomic E-state index is -0.197. The number of imidazole rings is 1. The number of fused-ring (bicyclic) bond motifs is 1. The van der Waals surface area contributed by atoms with Crippen LogP contribution in [0, 0.1) is 5.41 Å². The van der Waals surface area contributed by atoms with E-state index in [1.165, 1.54) is 0 Å². The Morgan fingerprint density at radius 3 is 3.06 bits per heavy atom. The molecule has 3 rings (SSSR count). The zero-order valence-corrected chi connectivity index (χ0v) is 10.3. The van der Waals surface area contributed by atoms with Crippen molar-refractivity contribution in [3.8, 4) is 0 Å². The predicted octanol–water partition coefficient (Wildman–Crippen LogP) is 1.50. The minimum absolute atomic E-state index is 0.107. The monoisotopic (exact) mass is 244 g/mol. The quantitative estimate of drug-likeness (QED) is 0.763. The zero-order valence-electron chi connectivity index (χ0n) is 10.3. The third-order valence-electron chi connectivity index (χ3n) is 3.53. The molecule has 94 valence electrons. The van der Waals surface area contributed by atoms with E-state index >= 15 is 0 Å². The van der Waals surface area contributed by atoms with Crippen LogP contribution in [-0.4, -0.2) is 29.5 Å². The molecule has 1 saturated carbocycles. The lowest BCUT2D eigenvalue weighted by Gasteiger charge is -2.14. The summed E-state index contributed by atoms with van der Waals surface area (Å²) in [4.78, 5) is 19.4. The number of nitrogens with zero attached hydrogens (tertiary/aromatic N) is 1. The van der Waals surface area contributed by atoms with E-state index in [-0.39, 0.29) is 11.3 Å². The van der Waals surface area contributed by atoms with Gasteiger partial charge in [0.25, 0.3) is 0 Å². The molecule has 3 N–H and O–H groups in total. The van der Waals surface area contributed by atoms with Crippen LogP contribution in [0.4, 0.5) is 5.69 Å². The lowest BCUT2D eigenvalue weighted by atomic mass is 10.1. The van der Waals surface area contributed by atoms with Gasteiger partial charge in [0.15, 0.2) is 0 Å². The number of aromatic nitrogens is 2. The number of benzene rings is 1. The number of amides is 1. The molecule has 1 aliphatic rings. The number of H-pyrrole nitrogens is 1. The molecule has 1 aromatic carbocycles. The SMILES string of the molecule is CNCC1(C(=O)Nc2ccc3nc[nH]c3c2)CC1. The average Bonchev–Trinajstić information content (AvgIpc) is 3.00. The van der Waals surface area contributed by atoms with Gasteiger partial charge >= 0.3 is 0 Å². The molecule has 0 aliphatic heterocycles. The third kappa shape index (κ3) is 1.86. The number of carbonyl (C=O) groups excluding carboxylic acids is 1. The Morgan fingerprint density at radius 1 is 1.50 bits per heavy atom. The molecular weight excluding hydrogens is 228 g/mol. The van der Waals surface area contributed by atoms with Crippen LogP contribution in [0.3, 0.4) is 0 Å². The fraction of sp³-hybridized carbons (Fsp3) is 0.385. The van der Waals surface area contributed by atoms with E-state index in [0.29, 0.717) is 0 Å². The van der Waals surface area contributed by atoms with Gasteiger partial charge < -0.3 is 15.6 Å². The third-order valence-corrected chi connectivity index (χ3v) is 3.53. The normalized spacial score (nSPS) is 16.7. The summed E-state index contributed by atoms with van der Waals surface area (Å²) >= 11 is 0. The van der Waals surface area contributed by atoms with E-state index in [4.69, 9.17) is 0 Å². The van der Waals surface area contributed by atoms with Crippen LogP contribution in [0.15, 0.2) is 24.5 Å². The molecule has 0 saturated heterocycles. The van der Waals surface area contributed by atoms with E-state index in [2.05, 4.69) is 20.6 Å². The van der Waals surface area contributed by atoms with Crippen LogP contribution in [0.1, 0.15) is 12.8 Å². The van der Waals surface area contributed by atoms with Crippen molar-refractivity contribution >= 4 is 22.6 Å². The van der Waals surface area contributed by atoms with Gasteiger partial charge in [-0.2, -0.15) is 0 Å². The summed E-state index contributed by atoms with van der Waals surface area (Å²) in [5.41, 5.74) is 2.47. The van der Waals surface area contributed by atoms with Crippen LogP contribution < -0.4 is 10.6 Å². The summed E-state index contributed by atoms with van der Waals surface area (Å²) in [7, 11) is 1.88. The molecule has 1 heterocycles. The van der Waals surface area contributed by atoms with Gasteiger partial charge in [0, 0.05) is 12.2 Å². The summed E-state index contributed by atoms with van der Waals surface area (Å²) in [5.74, 6) is 0.107. The van der Waals surface area contributed by atoms with Gasteiger partial charge in [-0.05, 0) is 38.1 Å². The highest BCUT2D eigenvalue weighted by Gasteiger charge is 2.49. The van der Waals surface area contributed by atoms with Gasteiger partial charge in [0.1, 0.15) is 0 Å². The summed E-state index contributed by atoms with van der Waals surface area (Å²) < 4.78 is 0. The highest BCUT2D eigenvalue weighted by Crippen LogP contribution is 2.45. The smallest absolute Gasteiger partial charge is 0.231 e. The number of hydrogen-bond donors (Lipinski definition) is 3. The van der Waals surface area contributed by atoms with E-state index < -0.39 is 0 Å². The fourth-order valence-corrected chi connectivity index (χ4v) is 2.25. The Bertz CT molecular complexity index is 585. The lowest BCUT2D eigenvalue weighted by molar-refractivity contribution is -0.120. The Kier molecular flexibility index (Phi) is 2.56. The Labute approximate surface area is 105 Å². The number of rotatable bonds is 4. The summed E-state index contributed by atoms with van der Waals surface area (Å²) in [6, 6.07) is 5.70. The zero-order chi connectivity index (χ0) is 12.6. The van der Waals surface area contributed by atoms with Crippen molar-refractivity contribution in [3.05, 3.63) is 24.5 Å².